The van der Waals surface area contributed by atoms with Crippen molar-refractivity contribution in [3.8, 4) is 0 Å². The van der Waals surface area contributed by atoms with Crippen molar-refractivity contribution in [2.24, 2.45) is 0 Å². The van der Waals surface area contributed by atoms with Crippen molar-refractivity contribution in [2.45, 2.75) is 44.8 Å². The number of rotatable bonds is 14. The Labute approximate surface area is 182 Å². The molecule has 0 amide bonds. The van der Waals surface area contributed by atoms with E-state index in [1.165, 1.54) is 11.6 Å². The van der Waals surface area contributed by atoms with Crippen molar-refractivity contribution in [3.05, 3.63) is 65.2 Å². The summed E-state index contributed by atoms with van der Waals surface area (Å²) >= 11 is 0. The molecule has 2 aromatic carbocycles. The molecule has 0 aliphatic rings. The first-order chi connectivity index (χ1) is 14.9. The molecule has 31 heavy (non-hydrogen) atoms. The molecule has 5 nitrogen and oxygen atoms in total. The first kappa shape index (κ1) is 25.4. The van der Waals surface area contributed by atoms with Gasteiger partial charge in [-0.1, -0.05) is 42.8 Å². The standard InChI is InChI=1S/C22H30F3N2O3P/c23-22(24,25)20-16-19(17-26-13-7-15-30-31(28)29)11-12-21(20)27-14-6-2-5-10-18-8-3-1-4-9-18/h1,3-4,8-9,11-12,16,26-27,31H,2,5-7,10,13-15,17H2,(H,28,29). The van der Waals surface area contributed by atoms with Crippen LogP contribution in [0.4, 0.5) is 18.9 Å². The van der Waals surface area contributed by atoms with Crippen LogP contribution < -0.4 is 10.6 Å². The summed E-state index contributed by atoms with van der Waals surface area (Å²) in [5.41, 5.74) is 1.23. The van der Waals surface area contributed by atoms with Crippen LogP contribution in [0.2, 0.25) is 0 Å². The van der Waals surface area contributed by atoms with Gasteiger partial charge in [-0.25, -0.2) is 0 Å². The summed E-state index contributed by atoms with van der Waals surface area (Å²) in [6.07, 6.45) is -0.222. The number of alkyl halides is 3. The van der Waals surface area contributed by atoms with Crippen molar-refractivity contribution in [1.29, 1.82) is 0 Å². The summed E-state index contributed by atoms with van der Waals surface area (Å²) in [5, 5.41) is 5.95. The number of unbranched alkanes of at least 4 members (excludes halogenated alkanes) is 2. The molecular formula is C22H30F3N2O3P. The van der Waals surface area contributed by atoms with E-state index in [4.69, 9.17) is 4.89 Å². The van der Waals surface area contributed by atoms with Crippen LogP contribution in [0.25, 0.3) is 0 Å². The molecule has 0 saturated heterocycles. The van der Waals surface area contributed by atoms with Gasteiger partial charge in [-0.05, 0) is 55.5 Å². The van der Waals surface area contributed by atoms with Gasteiger partial charge in [-0.3, -0.25) is 4.57 Å². The van der Waals surface area contributed by atoms with Gasteiger partial charge in [0, 0.05) is 18.8 Å². The molecule has 2 aromatic rings. The van der Waals surface area contributed by atoms with Crippen molar-refractivity contribution in [1.82, 2.24) is 5.32 Å². The molecule has 0 fully saturated rings. The van der Waals surface area contributed by atoms with Crippen LogP contribution in [-0.4, -0.2) is 24.6 Å². The van der Waals surface area contributed by atoms with E-state index in [9.17, 15) is 17.7 Å². The van der Waals surface area contributed by atoms with Gasteiger partial charge in [0.15, 0.2) is 0 Å². The third kappa shape index (κ3) is 10.3. The molecule has 0 radical (unpaired) electrons. The summed E-state index contributed by atoms with van der Waals surface area (Å²) in [6, 6.07) is 14.5. The summed E-state index contributed by atoms with van der Waals surface area (Å²) in [4.78, 5) is 8.56. The van der Waals surface area contributed by atoms with E-state index in [1.54, 1.807) is 6.07 Å². The lowest BCUT2D eigenvalue weighted by atomic mass is 10.1. The van der Waals surface area contributed by atoms with E-state index in [0.29, 0.717) is 25.1 Å². The largest absolute Gasteiger partial charge is 0.418 e. The zero-order valence-electron chi connectivity index (χ0n) is 17.4. The molecule has 3 N–H and O–H groups in total. The minimum atomic E-state index is -4.44. The summed E-state index contributed by atoms with van der Waals surface area (Å²) in [6.45, 7) is 1.36. The van der Waals surface area contributed by atoms with Crippen LogP contribution in [-0.2, 0) is 28.2 Å². The molecule has 2 rings (SSSR count). The first-order valence-electron chi connectivity index (χ1n) is 10.4. The molecule has 0 spiro atoms. The van der Waals surface area contributed by atoms with Crippen LogP contribution >= 0.6 is 8.25 Å². The van der Waals surface area contributed by atoms with E-state index >= 15 is 0 Å². The van der Waals surface area contributed by atoms with Crippen LogP contribution in [0.3, 0.4) is 0 Å². The van der Waals surface area contributed by atoms with E-state index in [2.05, 4.69) is 27.3 Å². The molecule has 0 aliphatic heterocycles. The van der Waals surface area contributed by atoms with E-state index in [0.717, 1.165) is 31.7 Å². The maximum atomic E-state index is 13.5. The topological polar surface area (TPSA) is 70.6 Å². The zero-order valence-corrected chi connectivity index (χ0v) is 18.4. The molecule has 0 heterocycles. The summed E-state index contributed by atoms with van der Waals surface area (Å²) in [7, 11) is -2.94. The number of hydrogen-bond donors (Lipinski definition) is 3. The van der Waals surface area contributed by atoms with Crippen molar-refractivity contribution in [2.75, 3.05) is 25.0 Å². The molecule has 172 valence electrons. The fourth-order valence-electron chi connectivity index (χ4n) is 3.18. The van der Waals surface area contributed by atoms with Gasteiger partial charge >= 0.3 is 14.4 Å². The van der Waals surface area contributed by atoms with Gasteiger partial charge in [0.1, 0.15) is 0 Å². The highest BCUT2D eigenvalue weighted by Gasteiger charge is 2.33. The highest BCUT2D eigenvalue weighted by Crippen LogP contribution is 2.35. The average Bonchev–Trinajstić information content (AvgIpc) is 2.73. The first-order valence-corrected chi connectivity index (χ1v) is 11.7. The number of nitrogens with one attached hydrogen (secondary N) is 2. The predicted molar refractivity (Wildman–Crippen MR) is 117 cm³/mol. The van der Waals surface area contributed by atoms with Crippen LogP contribution in [0.15, 0.2) is 48.5 Å². The highest BCUT2D eigenvalue weighted by atomic mass is 31.1. The Morgan fingerprint density at radius 3 is 2.42 bits per heavy atom. The summed E-state index contributed by atoms with van der Waals surface area (Å²) in [5.74, 6) is 0. The molecular weight excluding hydrogens is 428 g/mol. The Morgan fingerprint density at radius 2 is 1.71 bits per heavy atom. The minimum Gasteiger partial charge on any atom is -0.385 e. The second kappa shape index (κ2) is 13.5. The highest BCUT2D eigenvalue weighted by molar-refractivity contribution is 7.32. The Hall–Kier alpha value is -1.86. The maximum absolute atomic E-state index is 13.5. The average molecular weight is 458 g/mol. The molecule has 9 heteroatoms. The van der Waals surface area contributed by atoms with Gasteiger partial charge in [0.2, 0.25) is 0 Å². The normalized spacial score (nSPS) is 12.6. The predicted octanol–water partition coefficient (Wildman–Crippen LogP) is 5.41. The smallest absolute Gasteiger partial charge is 0.385 e. The van der Waals surface area contributed by atoms with Gasteiger partial charge in [0.05, 0.1) is 12.2 Å². The Balaban J connectivity index is 1.76. The van der Waals surface area contributed by atoms with Gasteiger partial charge < -0.3 is 20.1 Å². The van der Waals surface area contributed by atoms with Crippen LogP contribution in [0.5, 0.6) is 0 Å². The molecule has 1 unspecified atom stereocenters. The minimum absolute atomic E-state index is 0.0979. The van der Waals surface area contributed by atoms with Crippen LogP contribution in [0.1, 0.15) is 42.4 Å². The second-order valence-electron chi connectivity index (χ2n) is 7.25. The number of anilines is 1. The fourth-order valence-corrected chi connectivity index (χ4v) is 3.50. The van der Waals surface area contributed by atoms with Crippen molar-refractivity contribution in [3.63, 3.8) is 0 Å². The zero-order chi connectivity index (χ0) is 22.5. The second-order valence-corrected chi connectivity index (χ2v) is 8.07. The molecule has 0 aromatic heterocycles. The summed E-state index contributed by atoms with van der Waals surface area (Å²) < 4.78 is 55.4. The van der Waals surface area contributed by atoms with E-state index < -0.39 is 20.0 Å². The number of hydrogen-bond acceptors (Lipinski definition) is 4. The third-order valence-electron chi connectivity index (χ3n) is 4.74. The third-order valence-corrected chi connectivity index (χ3v) is 5.19. The molecule has 0 aliphatic carbocycles. The van der Waals surface area contributed by atoms with Gasteiger partial charge in [0.25, 0.3) is 0 Å². The molecule has 0 saturated carbocycles. The SMILES string of the molecule is O=[PH](O)OCCCNCc1ccc(NCCCCCc2ccccc2)c(C(F)(F)F)c1. The Kier molecular flexibility index (Phi) is 11.1. The van der Waals surface area contributed by atoms with Crippen molar-refractivity contribution >= 4 is 13.9 Å². The lowest BCUT2D eigenvalue weighted by Crippen LogP contribution is -2.17. The van der Waals surface area contributed by atoms with Crippen LogP contribution in [0, 0.1) is 0 Å². The number of benzene rings is 2. The van der Waals surface area contributed by atoms with E-state index in [-0.39, 0.29) is 18.8 Å². The van der Waals surface area contributed by atoms with Gasteiger partial charge in [-0.15, -0.1) is 0 Å². The molecule has 0 bridgehead atoms. The quantitative estimate of drug-likeness (QED) is 0.261. The fraction of sp³-hybridized carbons (Fsp3) is 0.455. The van der Waals surface area contributed by atoms with Crippen molar-refractivity contribution < 1.29 is 27.2 Å². The van der Waals surface area contributed by atoms with Gasteiger partial charge in [-0.2, -0.15) is 13.2 Å². The Bertz CT molecular complexity index is 804. The maximum Gasteiger partial charge on any atom is 0.418 e. The Morgan fingerprint density at radius 1 is 0.935 bits per heavy atom. The number of aryl methyl sites for hydroxylation is 1. The lowest BCUT2D eigenvalue weighted by Gasteiger charge is -2.16. The monoisotopic (exact) mass is 458 g/mol. The molecule has 1 atom stereocenters. The number of halogens is 3. The lowest BCUT2D eigenvalue weighted by molar-refractivity contribution is -0.137. The van der Waals surface area contributed by atoms with E-state index in [1.807, 2.05) is 18.2 Å².